The zero-order chi connectivity index (χ0) is 18.7. The van der Waals surface area contributed by atoms with E-state index in [0.29, 0.717) is 10.5 Å². The van der Waals surface area contributed by atoms with Crippen LogP contribution in [0.25, 0.3) is 6.08 Å². The van der Waals surface area contributed by atoms with Crippen LogP contribution in [0.15, 0.2) is 53.4 Å². The lowest BCUT2D eigenvalue weighted by Crippen LogP contribution is -2.18. The maximum Gasteiger partial charge on any atom is 0.343 e. The lowest BCUT2D eigenvalue weighted by Gasteiger charge is -2.05. The molecule has 0 radical (unpaired) electrons. The second-order valence-corrected chi connectivity index (χ2v) is 6.21. The molecule has 1 aliphatic rings. The van der Waals surface area contributed by atoms with E-state index in [-0.39, 0.29) is 28.1 Å². The van der Waals surface area contributed by atoms with Crippen LogP contribution in [0.4, 0.5) is 5.69 Å². The van der Waals surface area contributed by atoms with Gasteiger partial charge in [0.05, 0.1) is 15.4 Å². The van der Waals surface area contributed by atoms with Gasteiger partial charge in [0.25, 0.3) is 11.6 Å². The molecule has 0 saturated carbocycles. The monoisotopic (exact) mass is 369 g/mol. The van der Waals surface area contributed by atoms with Gasteiger partial charge < -0.3 is 10.1 Å². The van der Waals surface area contributed by atoms with E-state index in [2.05, 4.69) is 5.32 Å². The quantitative estimate of drug-likeness (QED) is 0.281. The summed E-state index contributed by atoms with van der Waals surface area (Å²) in [5.41, 5.74) is 0.578. The number of amidine groups is 1. The molecule has 0 unspecified atom stereocenters. The molecule has 0 atom stereocenters. The highest BCUT2D eigenvalue weighted by Gasteiger charge is 2.22. The number of carbonyl (C=O) groups is 2. The van der Waals surface area contributed by atoms with Crippen molar-refractivity contribution in [3.8, 4) is 5.75 Å². The van der Waals surface area contributed by atoms with E-state index < -0.39 is 10.9 Å². The molecule has 130 valence electrons. The molecule has 1 aliphatic heterocycles. The molecule has 0 spiro atoms. The second kappa shape index (κ2) is 7.19. The number of non-ortho nitro benzene ring substituents is 1. The highest BCUT2D eigenvalue weighted by Crippen LogP contribution is 2.25. The minimum atomic E-state index is -0.709. The third-order valence-electron chi connectivity index (χ3n) is 3.34. The summed E-state index contributed by atoms with van der Waals surface area (Å²) in [7, 11) is 0. The van der Waals surface area contributed by atoms with E-state index in [1.54, 1.807) is 30.3 Å². The first-order valence-corrected chi connectivity index (χ1v) is 8.10. The van der Waals surface area contributed by atoms with E-state index in [9.17, 15) is 19.7 Å². The predicted octanol–water partition coefficient (Wildman–Crippen LogP) is 2.95. The Hall–Kier alpha value is -3.46. The van der Waals surface area contributed by atoms with Gasteiger partial charge in [-0.05, 0) is 41.6 Å². The van der Waals surface area contributed by atoms with Crippen molar-refractivity contribution in [3.05, 3.63) is 74.7 Å². The molecule has 1 amide bonds. The largest absolute Gasteiger partial charge is 0.423 e. The Morgan fingerprint density at radius 3 is 2.58 bits per heavy atom. The number of hydrogen-bond acceptors (Lipinski definition) is 7. The van der Waals surface area contributed by atoms with Gasteiger partial charge in [-0.15, -0.1) is 0 Å². The number of hydrogen-bond donors (Lipinski definition) is 2. The van der Waals surface area contributed by atoms with Crippen LogP contribution in [0, 0.1) is 15.5 Å². The van der Waals surface area contributed by atoms with Crippen molar-refractivity contribution in [3.63, 3.8) is 0 Å². The maximum absolute atomic E-state index is 12.1. The average Bonchev–Trinajstić information content (AvgIpc) is 2.94. The van der Waals surface area contributed by atoms with Crippen LogP contribution in [0.5, 0.6) is 5.75 Å². The number of esters is 1. The third-order valence-corrected chi connectivity index (χ3v) is 4.17. The fourth-order valence-corrected chi connectivity index (χ4v) is 2.84. The molecule has 2 aromatic carbocycles. The molecule has 2 aromatic rings. The molecule has 1 fully saturated rings. The van der Waals surface area contributed by atoms with Crippen LogP contribution in [-0.2, 0) is 4.79 Å². The zero-order valence-corrected chi connectivity index (χ0v) is 13.9. The van der Waals surface area contributed by atoms with Crippen LogP contribution >= 0.6 is 11.8 Å². The summed E-state index contributed by atoms with van der Waals surface area (Å²) in [6.07, 6.45) is 1.62. The molecular weight excluding hydrogens is 358 g/mol. The molecule has 0 aliphatic carbocycles. The molecule has 0 aromatic heterocycles. The highest BCUT2D eigenvalue weighted by atomic mass is 32.2. The predicted molar refractivity (Wildman–Crippen MR) is 95.9 cm³/mol. The maximum atomic E-state index is 12.1. The van der Waals surface area contributed by atoms with Gasteiger partial charge in [-0.25, -0.2) is 4.79 Å². The summed E-state index contributed by atoms with van der Waals surface area (Å²) in [5, 5.41) is 20.6. The van der Waals surface area contributed by atoms with E-state index in [4.69, 9.17) is 10.1 Å². The van der Waals surface area contributed by atoms with Gasteiger partial charge in [-0.2, -0.15) is 0 Å². The van der Waals surface area contributed by atoms with Crippen LogP contribution in [0.2, 0.25) is 0 Å². The molecular formula is C17H11N3O5S. The van der Waals surface area contributed by atoms with Crippen molar-refractivity contribution in [2.24, 2.45) is 0 Å². The Morgan fingerprint density at radius 2 is 1.96 bits per heavy atom. The number of ether oxygens (including phenoxy) is 1. The summed E-state index contributed by atoms with van der Waals surface area (Å²) in [5.74, 6) is -0.778. The van der Waals surface area contributed by atoms with Crippen LogP contribution in [0.3, 0.4) is 0 Å². The number of thioether (sulfide) groups is 1. The number of nitrogens with zero attached hydrogens (tertiary/aromatic N) is 1. The summed E-state index contributed by atoms with van der Waals surface area (Å²) < 4.78 is 5.20. The second-order valence-electron chi connectivity index (χ2n) is 5.16. The number of nitro benzene ring substituents is 1. The molecule has 26 heavy (non-hydrogen) atoms. The van der Waals surface area contributed by atoms with Gasteiger partial charge in [-0.3, -0.25) is 20.3 Å². The molecule has 3 rings (SSSR count). The van der Waals surface area contributed by atoms with Crippen LogP contribution in [-0.4, -0.2) is 22.0 Å². The van der Waals surface area contributed by atoms with Gasteiger partial charge >= 0.3 is 5.97 Å². The van der Waals surface area contributed by atoms with Crippen molar-refractivity contribution in [2.45, 2.75) is 0 Å². The lowest BCUT2D eigenvalue weighted by atomic mass is 10.2. The average molecular weight is 369 g/mol. The summed E-state index contributed by atoms with van der Waals surface area (Å²) in [4.78, 5) is 34.2. The number of nitrogens with one attached hydrogen (secondary N) is 2. The van der Waals surface area contributed by atoms with Crippen molar-refractivity contribution in [2.75, 3.05) is 0 Å². The van der Waals surface area contributed by atoms with E-state index in [0.717, 1.165) is 17.8 Å². The normalized spacial score (nSPS) is 15.0. The van der Waals surface area contributed by atoms with E-state index in [1.807, 2.05) is 0 Å². The van der Waals surface area contributed by atoms with Crippen molar-refractivity contribution in [1.29, 1.82) is 5.41 Å². The number of nitro groups is 1. The smallest absolute Gasteiger partial charge is 0.343 e. The molecule has 1 heterocycles. The third kappa shape index (κ3) is 3.95. The zero-order valence-electron chi connectivity index (χ0n) is 13.1. The molecule has 2 N–H and O–H groups in total. The Bertz CT molecular complexity index is 953. The van der Waals surface area contributed by atoms with Gasteiger partial charge in [-0.1, -0.05) is 18.2 Å². The topological polar surface area (TPSA) is 122 Å². The fourth-order valence-electron chi connectivity index (χ4n) is 2.14. The van der Waals surface area contributed by atoms with Crippen molar-refractivity contribution >= 4 is 40.6 Å². The first-order valence-electron chi connectivity index (χ1n) is 7.28. The van der Waals surface area contributed by atoms with Gasteiger partial charge in [0.2, 0.25) is 0 Å². The van der Waals surface area contributed by atoms with E-state index in [1.165, 1.54) is 18.2 Å². The highest BCUT2D eigenvalue weighted by molar-refractivity contribution is 8.18. The van der Waals surface area contributed by atoms with Gasteiger partial charge in [0, 0.05) is 12.1 Å². The molecule has 1 saturated heterocycles. The summed E-state index contributed by atoms with van der Waals surface area (Å²) >= 11 is 1.03. The first kappa shape index (κ1) is 17.4. The Morgan fingerprint density at radius 1 is 1.23 bits per heavy atom. The SMILES string of the molecule is N=C1NC(=O)C(=Cc2ccc(OC(=O)c3cccc([N+](=O)[O-])c3)cc2)S1. The Kier molecular flexibility index (Phi) is 4.81. The first-order chi connectivity index (χ1) is 12.4. The molecule has 9 heteroatoms. The van der Waals surface area contributed by atoms with Gasteiger partial charge in [0.1, 0.15) is 5.75 Å². The van der Waals surface area contributed by atoms with E-state index >= 15 is 0 Å². The number of rotatable bonds is 4. The lowest BCUT2D eigenvalue weighted by molar-refractivity contribution is -0.384. The number of benzene rings is 2. The number of amides is 1. The minimum absolute atomic E-state index is 0.0722. The van der Waals surface area contributed by atoms with Crippen molar-refractivity contribution in [1.82, 2.24) is 5.32 Å². The minimum Gasteiger partial charge on any atom is -0.423 e. The van der Waals surface area contributed by atoms with Crippen LogP contribution < -0.4 is 10.1 Å². The Labute approximate surface area is 151 Å². The summed E-state index contributed by atoms with van der Waals surface area (Å²) in [6, 6.07) is 11.7. The Balaban J connectivity index is 1.71. The van der Waals surface area contributed by atoms with Gasteiger partial charge in [0.15, 0.2) is 5.17 Å². The molecule has 8 nitrogen and oxygen atoms in total. The van der Waals surface area contributed by atoms with Crippen LogP contribution in [0.1, 0.15) is 15.9 Å². The fraction of sp³-hybridized carbons (Fsp3) is 0. The number of carbonyl (C=O) groups excluding carboxylic acids is 2. The summed E-state index contributed by atoms with van der Waals surface area (Å²) in [6.45, 7) is 0. The molecule has 0 bridgehead atoms. The van der Waals surface area contributed by atoms with Crippen molar-refractivity contribution < 1.29 is 19.2 Å². The standard InChI is InChI=1S/C17H11N3O5S/c18-17-19-15(21)14(26-17)8-10-4-6-13(7-5-10)25-16(22)11-2-1-3-12(9-11)20(23)24/h1-9H,(H2,18,19,21).